The zero-order valence-corrected chi connectivity index (χ0v) is 20.6. The third-order valence-corrected chi connectivity index (χ3v) is 6.78. The molecule has 3 aromatic carbocycles. The fraction of sp³-hybridized carbons (Fsp3) is 0.0833. The molecular weight excluding hydrogens is 542 g/mol. The number of hydrogen-bond donors (Lipinski definition) is 0. The fourth-order valence-electron chi connectivity index (χ4n) is 3.69. The van der Waals surface area contributed by atoms with Gasteiger partial charge < -0.3 is 14.2 Å². The summed E-state index contributed by atoms with van der Waals surface area (Å²) in [7, 11) is 0. The van der Waals surface area contributed by atoms with Crippen molar-refractivity contribution in [3.05, 3.63) is 95.9 Å². The van der Waals surface area contributed by atoms with Crippen molar-refractivity contribution in [1.29, 1.82) is 0 Å². The third-order valence-electron chi connectivity index (χ3n) is 5.52. The van der Waals surface area contributed by atoms with E-state index in [0.717, 1.165) is 23.1 Å². The Morgan fingerprint density at radius 2 is 1.74 bits per heavy atom. The molecule has 0 saturated carbocycles. The highest BCUT2D eigenvalue weighted by Crippen LogP contribution is 2.41. The molecule has 38 heavy (non-hydrogen) atoms. The summed E-state index contributed by atoms with van der Waals surface area (Å²) in [5.41, 5.74) is -0.219. The molecule has 2 amide bonds. The average molecular weight is 556 g/mol. The topological polar surface area (TPSA) is 151 Å². The van der Waals surface area contributed by atoms with Gasteiger partial charge in [-0.2, -0.15) is 0 Å². The Hall–Kier alpha value is -4.62. The summed E-state index contributed by atoms with van der Waals surface area (Å²) in [6, 6.07) is 12.5. The molecule has 2 heterocycles. The second-order valence-electron chi connectivity index (χ2n) is 7.87. The number of rotatable bonds is 7. The Morgan fingerprint density at radius 3 is 2.47 bits per heavy atom. The number of para-hydroxylation sites is 1. The summed E-state index contributed by atoms with van der Waals surface area (Å²) in [6.45, 7) is -0.0471. The van der Waals surface area contributed by atoms with Crippen molar-refractivity contribution >= 4 is 52.0 Å². The second kappa shape index (κ2) is 10.0. The Bertz CT molecular complexity index is 1560. The Balaban J connectivity index is 1.41. The van der Waals surface area contributed by atoms with Crippen LogP contribution in [-0.2, 0) is 11.3 Å². The van der Waals surface area contributed by atoms with E-state index in [4.69, 9.17) is 25.8 Å². The van der Waals surface area contributed by atoms with Crippen LogP contribution in [-0.4, -0.2) is 32.7 Å². The van der Waals surface area contributed by atoms with Gasteiger partial charge in [0.05, 0.1) is 27.4 Å². The number of amides is 2. The highest BCUT2D eigenvalue weighted by atomic mass is 35.5. The Morgan fingerprint density at radius 1 is 1.00 bits per heavy atom. The normalized spacial score (nSPS) is 15.3. The quantitative estimate of drug-likeness (QED) is 0.195. The lowest BCUT2D eigenvalue weighted by Crippen LogP contribution is -2.27. The molecule has 12 nitrogen and oxygen atoms in total. The highest BCUT2D eigenvalue weighted by Gasteiger charge is 2.36. The van der Waals surface area contributed by atoms with E-state index in [0.29, 0.717) is 39.4 Å². The van der Waals surface area contributed by atoms with Gasteiger partial charge in [0.1, 0.15) is 5.75 Å². The number of imide groups is 1. The van der Waals surface area contributed by atoms with Gasteiger partial charge >= 0.3 is 5.69 Å². The van der Waals surface area contributed by atoms with Gasteiger partial charge in [0, 0.05) is 22.7 Å². The summed E-state index contributed by atoms with van der Waals surface area (Å²) >= 11 is 7.02. The van der Waals surface area contributed by atoms with Gasteiger partial charge in [-0.05, 0) is 41.6 Å². The van der Waals surface area contributed by atoms with Crippen molar-refractivity contribution < 1.29 is 33.6 Å². The molecule has 14 heteroatoms. The van der Waals surface area contributed by atoms with Crippen LogP contribution in [0, 0.1) is 20.2 Å². The maximum Gasteiger partial charge on any atom is 0.318 e. The van der Waals surface area contributed by atoms with Crippen molar-refractivity contribution in [3.8, 4) is 23.0 Å². The predicted octanol–water partition coefficient (Wildman–Crippen LogP) is 5.91. The number of ether oxygens (including phenoxy) is 3. The van der Waals surface area contributed by atoms with Crippen LogP contribution in [0.2, 0.25) is 5.02 Å². The van der Waals surface area contributed by atoms with Crippen LogP contribution >= 0.6 is 23.4 Å². The van der Waals surface area contributed by atoms with E-state index in [2.05, 4.69) is 0 Å². The standard InChI is InChI=1S/C24H14ClN3O9S/c25-16-10-21-20(35-12-36-21)7-14(16)11-26-23(29)22(38-24(26)30)8-13-3-1-2-4-18(13)37-19-6-5-15(27(31)32)9-17(19)28(33)34/h1-10H,11-12H2/b22-8-. The first kappa shape index (κ1) is 25.0. The largest absolute Gasteiger partial charge is 0.454 e. The van der Waals surface area contributed by atoms with E-state index in [1.807, 2.05) is 0 Å². The van der Waals surface area contributed by atoms with Crippen LogP contribution in [0.3, 0.4) is 0 Å². The van der Waals surface area contributed by atoms with E-state index >= 15 is 0 Å². The molecule has 0 spiro atoms. The molecule has 1 saturated heterocycles. The van der Waals surface area contributed by atoms with Crippen molar-refractivity contribution in [2.24, 2.45) is 0 Å². The van der Waals surface area contributed by atoms with Crippen LogP contribution in [0.1, 0.15) is 11.1 Å². The zero-order chi connectivity index (χ0) is 27.0. The Kier molecular flexibility index (Phi) is 6.61. The van der Waals surface area contributed by atoms with Gasteiger partial charge in [0.15, 0.2) is 11.5 Å². The molecule has 0 aliphatic carbocycles. The molecular formula is C24H14ClN3O9S. The molecule has 5 rings (SSSR count). The number of carbonyl (C=O) groups excluding carboxylic acids is 2. The third kappa shape index (κ3) is 4.84. The van der Waals surface area contributed by atoms with Crippen molar-refractivity contribution in [2.45, 2.75) is 6.54 Å². The summed E-state index contributed by atoms with van der Waals surface area (Å²) in [6.07, 6.45) is 1.43. The highest BCUT2D eigenvalue weighted by molar-refractivity contribution is 8.18. The minimum Gasteiger partial charge on any atom is -0.454 e. The number of non-ortho nitro benzene ring substituents is 1. The van der Waals surface area contributed by atoms with Crippen LogP contribution in [0.4, 0.5) is 16.2 Å². The van der Waals surface area contributed by atoms with E-state index in [9.17, 15) is 29.8 Å². The van der Waals surface area contributed by atoms with E-state index in [1.54, 1.807) is 30.3 Å². The van der Waals surface area contributed by atoms with Gasteiger partial charge in [-0.3, -0.25) is 34.7 Å². The van der Waals surface area contributed by atoms with Crippen LogP contribution in [0.5, 0.6) is 23.0 Å². The molecule has 192 valence electrons. The number of benzene rings is 3. The predicted molar refractivity (Wildman–Crippen MR) is 135 cm³/mol. The van der Waals surface area contributed by atoms with Crippen LogP contribution < -0.4 is 14.2 Å². The van der Waals surface area contributed by atoms with Crippen LogP contribution in [0.25, 0.3) is 6.08 Å². The van der Waals surface area contributed by atoms with Gasteiger partial charge in [-0.25, -0.2) is 0 Å². The smallest absolute Gasteiger partial charge is 0.318 e. The van der Waals surface area contributed by atoms with Gasteiger partial charge in [0.25, 0.3) is 16.8 Å². The SMILES string of the molecule is O=C1S/C(=C\c2ccccc2Oc2ccc([N+](=O)[O-])cc2[N+](=O)[O-])C(=O)N1Cc1cc2c(cc1Cl)OCO2. The first-order valence-corrected chi connectivity index (χ1v) is 11.9. The number of thioether (sulfide) groups is 1. The molecule has 1 fully saturated rings. The molecule has 0 N–H and O–H groups in total. The number of nitro groups is 2. The molecule has 0 atom stereocenters. The molecule has 0 bridgehead atoms. The van der Waals surface area contributed by atoms with Crippen molar-refractivity contribution in [2.75, 3.05) is 6.79 Å². The summed E-state index contributed by atoms with van der Waals surface area (Å²) in [4.78, 5) is 47.9. The zero-order valence-electron chi connectivity index (χ0n) is 19.0. The summed E-state index contributed by atoms with van der Waals surface area (Å²) in [5.74, 6) is 0.267. The van der Waals surface area contributed by atoms with Crippen molar-refractivity contribution in [3.63, 3.8) is 0 Å². The number of halogens is 1. The van der Waals surface area contributed by atoms with E-state index in [-0.39, 0.29) is 29.7 Å². The monoisotopic (exact) mass is 555 g/mol. The lowest BCUT2D eigenvalue weighted by molar-refractivity contribution is -0.394. The lowest BCUT2D eigenvalue weighted by atomic mass is 10.1. The first-order valence-electron chi connectivity index (χ1n) is 10.7. The van der Waals surface area contributed by atoms with E-state index in [1.165, 1.54) is 12.1 Å². The minimum atomic E-state index is -0.794. The minimum absolute atomic E-state index is 0.0456. The lowest BCUT2D eigenvalue weighted by Gasteiger charge is -2.14. The molecule has 2 aliphatic rings. The summed E-state index contributed by atoms with van der Waals surface area (Å²) < 4.78 is 16.3. The second-order valence-corrected chi connectivity index (χ2v) is 9.27. The Labute approximate surface area is 222 Å². The molecule has 2 aliphatic heterocycles. The van der Waals surface area contributed by atoms with Crippen LogP contribution in [0.15, 0.2) is 59.5 Å². The molecule has 3 aromatic rings. The molecule has 0 aromatic heterocycles. The maximum atomic E-state index is 13.1. The number of fused-ring (bicyclic) bond motifs is 1. The van der Waals surface area contributed by atoms with Crippen molar-refractivity contribution in [1.82, 2.24) is 4.90 Å². The van der Waals surface area contributed by atoms with Gasteiger partial charge in [-0.1, -0.05) is 29.8 Å². The van der Waals surface area contributed by atoms with Gasteiger partial charge in [0.2, 0.25) is 12.5 Å². The fourth-order valence-corrected chi connectivity index (χ4v) is 4.73. The summed E-state index contributed by atoms with van der Waals surface area (Å²) in [5, 5.41) is 22.3. The van der Waals surface area contributed by atoms with Gasteiger partial charge in [-0.15, -0.1) is 0 Å². The number of nitrogens with zero attached hydrogens (tertiary/aromatic N) is 3. The first-order chi connectivity index (χ1) is 18.2. The number of hydrogen-bond acceptors (Lipinski definition) is 10. The molecule has 0 radical (unpaired) electrons. The number of carbonyl (C=O) groups is 2. The number of nitro benzene ring substituents is 2. The van der Waals surface area contributed by atoms with E-state index < -0.39 is 32.4 Å². The molecule has 0 unspecified atom stereocenters. The maximum absolute atomic E-state index is 13.1. The average Bonchev–Trinajstić information content (AvgIpc) is 3.44.